The summed E-state index contributed by atoms with van der Waals surface area (Å²) in [6.07, 6.45) is 3.94. The first kappa shape index (κ1) is 19.9. The molecule has 4 heteroatoms. The minimum Gasteiger partial charge on any atom is -0.497 e. The molecule has 3 rings (SSSR count). The fourth-order valence-corrected chi connectivity index (χ4v) is 3.30. The van der Waals surface area contributed by atoms with Crippen LogP contribution in [-0.4, -0.2) is 44.0 Å². The molecule has 1 aliphatic rings. The quantitative estimate of drug-likeness (QED) is 0.721. The van der Waals surface area contributed by atoms with Gasteiger partial charge in [0.2, 0.25) is 0 Å². The summed E-state index contributed by atoms with van der Waals surface area (Å²) < 4.78 is 10.6. The molecule has 1 fully saturated rings. The molecule has 2 aromatic rings. The first-order valence-electron chi connectivity index (χ1n) is 9.48. The van der Waals surface area contributed by atoms with E-state index in [0.717, 1.165) is 33.8 Å². The van der Waals surface area contributed by atoms with E-state index < -0.39 is 0 Å². The van der Waals surface area contributed by atoms with Gasteiger partial charge >= 0.3 is 0 Å². The van der Waals surface area contributed by atoms with Crippen molar-refractivity contribution in [2.45, 2.75) is 19.9 Å². The molecule has 1 saturated heterocycles. The van der Waals surface area contributed by atoms with E-state index in [0.29, 0.717) is 19.1 Å². The highest BCUT2D eigenvalue weighted by molar-refractivity contribution is 6.14. The molecule has 0 spiro atoms. The first-order valence-corrected chi connectivity index (χ1v) is 9.48. The van der Waals surface area contributed by atoms with Crippen LogP contribution in [0.1, 0.15) is 25.0 Å². The van der Waals surface area contributed by atoms with Crippen molar-refractivity contribution in [3.63, 3.8) is 0 Å². The van der Waals surface area contributed by atoms with E-state index in [9.17, 15) is 4.79 Å². The minimum atomic E-state index is 0.0996. The maximum absolute atomic E-state index is 13.2. The van der Waals surface area contributed by atoms with Gasteiger partial charge in [-0.25, -0.2) is 0 Å². The maximum Gasteiger partial charge on any atom is 0.187 e. The highest BCUT2D eigenvalue weighted by Gasteiger charge is 2.27. The number of benzene rings is 2. The number of hydrogen-bond donors (Lipinski definition) is 0. The number of likely N-dealkylation sites (tertiary alicyclic amines) is 1. The van der Waals surface area contributed by atoms with Crippen LogP contribution in [0.2, 0.25) is 0 Å². The SMILES string of the molecule is COc1cccc(C=C2CN(C(C)C)CC(=Cc3cccc(OC)c3)C2=O)c1. The molecule has 0 aromatic heterocycles. The summed E-state index contributed by atoms with van der Waals surface area (Å²) in [7, 11) is 3.29. The van der Waals surface area contributed by atoms with Crippen molar-refractivity contribution in [3.05, 3.63) is 70.8 Å². The summed E-state index contributed by atoms with van der Waals surface area (Å²) in [5, 5.41) is 0. The van der Waals surface area contributed by atoms with Crippen LogP contribution in [0.5, 0.6) is 11.5 Å². The standard InChI is InChI=1S/C24H27NO3/c1-17(2)25-15-20(11-18-7-5-9-22(13-18)27-3)24(26)21(16-25)12-19-8-6-10-23(14-19)28-4/h5-14,17H,15-16H2,1-4H3. The predicted molar refractivity (Wildman–Crippen MR) is 114 cm³/mol. The zero-order valence-corrected chi connectivity index (χ0v) is 16.9. The first-order chi connectivity index (χ1) is 13.5. The summed E-state index contributed by atoms with van der Waals surface area (Å²) in [5.74, 6) is 1.67. The van der Waals surface area contributed by atoms with E-state index in [2.05, 4.69) is 18.7 Å². The third kappa shape index (κ3) is 4.70. The Labute approximate surface area is 167 Å². The van der Waals surface area contributed by atoms with Gasteiger partial charge in [-0.05, 0) is 61.4 Å². The third-order valence-electron chi connectivity index (χ3n) is 4.93. The van der Waals surface area contributed by atoms with Crippen LogP contribution >= 0.6 is 0 Å². The van der Waals surface area contributed by atoms with E-state index in [1.165, 1.54) is 0 Å². The smallest absolute Gasteiger partial charge is 0.187 e. The normalized spacial score (nSPS) is 18.1. The average molecular weight is 377 g/mol. The fourth-order valence-electron chi connectivity index (χ4n) is 3.30. The van der Waals surface area contributed by atoms with Crippen LogP contribution in [-0.2, 0) is 4.79 Å². The van der Waals surface area contributed by atoms with Gasteiger partial charge in [0, 0.05) is 30.3 Å². The Morgan fingerprint density at radius 1 is 0.857 bits per heavy atom. The lowest BCUT2D eigenvalue weighted by Crippen LogP contribution is -2.41. The number of hydrogen-bond acceptors (Lipinski definition) is 4. The number of ether oxygens (including phenoxy) is 2. The van der Waals surface area contributed by atoms with Gasteiger partial charge in [-0.1, -0.05) is 24.3 Å². The topological polar surface area (TPSA) is 38.8 Å². The van der Waals surface area contributed by atoms with E-state index >= 15 is 0 Å². The summed E-state index contributed by atoms with van der Waals surface area (Å²) in [6, 6.07) is 15.9. The Hall–Kier alpha value is -2.85. The van der Waals surface area contributed by atoms with E-state index in [1.54, 1.807) is 14.2 Å². The van der Waals surface area contributed by atoms with Gasteiger partial charge in [0.25, 0.3) is 0 Å². The van der Waals surface area contributed by atoms with Gasteiger partial charge < -0.3 is 9.47 Å². The van der Waals surface area contributed by atoms with Crippen molar-refractivity contribution >= 4 is 17.9 Å². The molecule has 0 radical (unpaired) electrons. The molecule has 0 atom stereocenters. The van der Waals surface area contributed by atoms with E-state index in [-0.39, 0.29) is 5.78 Å². The van der Waals surface area contributed by atoms with Crippen molar-refractivity contribution in [1.82, 2.24) is 4.90 Å². The van der Waals surface area contributed by atoms with Gasteiger partial charge in [0.05, 0.1) is 14.2 Å². The Kier molecular flexibility index (Phi) is 6.32. The highest BCUT2D eigenvalue weighted by atomic mass is 16.5. The molecule has 0 amide bonds. The zero-order chi connectivity index (χ0) is 20.1. The number of piperidine rings is 1. The van der Waals surface area contributed by atoms with Crippen molar-refractivity contribution in [1.29, 1.82) is 0 Å². The van der Waals surface area contributed by atoms with Gasteiger partial charge in [-0.3, -0.25) is 9.69 Å². The average Bonchev–Trinajstić information content (AvgIpc) is 2.71. The van der Waals surface area contributed by atoms with Crippen molar-refractivity contribution in [2.75, 3.05) is 27.3 Å². The Morgan fingerprint density at radius 3 is 1.71 bits per heavy atom. The molecule has 1 heterocycles. The molecule has 1 aliphatic heterocycles. The monoisotopic (exact) mass is 377 g/mol. The van der Waals surface area contributed by atoms with Gasteiger partial charge in [0.15, 0.2) is 5.78 Å². The summed E-state index contributed by atoms with van der Waals surface area (Å²) in [6.45, 7) is 5.59. The molecule has 2 aromatic carbocycles. The lowest BCUT2D eigenvalue weighted by atomic mass is 9.93. The van der Waals surface area contributed by atoms with Crippen molar-refractivity contribution in [3.8, 4) is 11.5 Å². The Bertz CT molecular complexity index is 842. The second kappa shape index (κ2) is 8.89. The molecule has 0 unspecified atom stereocenters. The highest BCUT2D eigenvalue weighted by Crippen LogP contribution is 2.25. The number of carbonyl (C=O) groups excluding carboxylic acids is 1. The molecule has 0 N–H and O–H groups in total. The number of rotatable bonds is 5. The predicted octanol–water partition coefficient (Wildman–Crippen LogP) is 4.46. The molecular formula is C24H27NO3. The lowest BCUT2D eigenvalue weighted by molar-refractivity contribution is -0.113. The van der Waals surface area contributed by atoms with Crippen LogP contribution in [0.25, 0.3) is 12.2 Å². The van der Waals surface area contributed by atoms with Crippen LogP contribution < -0.4 is 9.47 Å². The summed E-state index contributed by atoms with van der Waals surface area (Å²) in [5.41, 5.74) is 3.52. The maximum atomic E-state index is 13.2. The summed E-state index contributed by atoms with van der Waals surface area (Å²) in [4.78, 5) is 15.5. The molecule has 146 valence electrons. The number of Topliss-reactive ketones (excluding diaryl/α,β-unsaturated/α-hetero) is 1. The third-order valence-corrected chi connectivity index (χ3v) is 4.93. The Balaban J connectivity index is 1.97. The molecule has 0 aliphatic carbocycles. The van der Waals surface area contributed by atoms with Crippen LogP contribution in [0.4, 0.5) is 0 Å². The molecule has 4 nitrogen and oxygen atoms in total. The zero-order valence-electron chi connectivity index (χ0n) is 16.9. The second-order valence-corrected chi connectivity index (χ2v) is 7.22. The van der Waals surface area contributed by atoms with E-state index in [1.807, 2.05) is 60.7 Å². The van der Waals surface area contributed by atoms with Gasteiger partial charge in [-0.15, -0.1) is 0 Å². The van der Waals surface area contributed by atoms with Crippen molar-refractivity contribution < 1.29 is 14.3 Å². The summed E-state index contributed by atoms with van der Waals surface area (Å²) >= 11 is 0. The molecule has 0 saturated carbocycles. The van der Waals surface area contributed by atoms with E-state index in [4.69, 9.17) is 9.47 Å². The van der Waals surface area contributed by atoms with Gasteiger partial charge in [0.1, 0.15) is 11.5 Å². The molecule has 28 heavy (non-hydrogen) atoms. The fraction of sp³-hybridized carbons (Fsp3) is 0.292. The Morgan fingerprint density at radius 2 is 1.32 bits per heavy atom. The number of ketones is 1. The van der Waals surface area contributed by atoms with Crippen molar-refractivity contribution in [2.24, 2.45) is 0 Å². The number of methoxy groups -OCH3 is 2. The number of carbonyl (C=O) groups is 1. The second-order valence-electron chi connectivity index (χ2n) is 7.22. The van der Waals surface area contributed by atoms with Crippen LogP contribution in [0, 0.1) is 0 Å². The minimum absolute atomic E-state index is 0.0996. The number of nitrogens with zero attached hydrogens (tertiary/aromatic N) is 1. The van der Waals surface area contributed by atoms with Gasteiger partial charge in [-0.2, -0.15) is 0 Å². The van der Waals surface area contributed by atoms with Crippen LogP contribution in [0.3, 0.4) is 0 Å². The molecule has 0 bridgehead atoms. The van der Waals surface area contributed by atoms with Crippen LogP contribution in [0.15, 0.2) is 59.7 Å². The lowest BCUT2D eigenvalue weighted by Gasteiger charge is -2.32. The molecular weight excluding hydrogens is 350 g/mol. The largest absolute Gasteiger partial charge is 0.497 e.